The first-order valence-corrected chi connectivity index (χ1v) is 6.52. The number of carbonyl (C=O) groups is 3. The zero-order valence-electron chi connectivity index (χ0n) is 11.5. The van der Waals surface area contributed by atoms with E-state index in [0.717, 1.165) is 12.8 Å². The summed E-state index contributed by atoms with van der Waals surface area (Å²) in [4.78, 5) is 32.9. The van der Waals surface area contributed by atoms with Gasteiger partial charge in [0.25, 0.3) is 0 Å². The van der Waals surface area contributed by atoms with Gasteiger partial charge in [-0.2, -0.15) is 0 Å². The van der Waals surface area contributed by atoms with E-state index in [1.54, 1.807) is 6.92 Å². The molecular weight excluding hydrogens is 252 g/mol. The third-order valence-corrected chi connectivity index (χ3v) is 2.32. The van der Waals surface area contributed by atoms with Gasteiger partial charge < -0.3 is 14.6 Å². The fourth-order valence-electron chi connectivity index (χ4n) is 1.35. The summed E-state index contributed by atoms with van der Waals surface area (Å²) in [5.41, 5.74) is 0. The minimum absolute atomic E-state index is 0.00899. The molecule has 0 aliphatic carbocycles. The second kappa shape index (κ2) is 10.3. The smallest absolute Gasteiger partial charge is 0.309 e. The van der Waals surface area contributed by atoms with Crippen LogP contribution in [0.25, 0.3) is 0 Å². The van der Waals surface area contributed by atoms with Crippen LogP contribution in [0.2, 0.25) is 0 Å². The Kier molecular flexibility index (Phi) is 9.48. The Balaban J connectivity index is 3.68. The van der Waals surface area contributed by atoms with Gasteiger partial charge in [-0.25, -0.2) is 0 Å². The summed E-state index contributed by atoms with van der Waals surface area (Å²) in [7, 11) is 0. The van der Waals surface area contributed by atoms with Crippen molar-refractivity contribution in [1.29, 1.82) is 0 Å². The van der Waals surface area contributed by atoms with Crippen LogP contribution in [0.1, 0.15) is 52.4 Å². The summed E-state index contributed by atoms with van der Waals surface area (Å²) in [6, 6.07) is 0. The third-order valence-electron chi connectivity index (χ3n) is 2.32. The fraction of sp³-hybridized carbons (Fsp3) is 0.769. The number of hydrogen-bond acceptors (Lipinski definition) is 5. The molecule has 6 heteroatoms. The van der Waals surface area contributed by atoms with Crippen LogP contribution >= 0.6 is 0 Å². The van der Waals surface area contributed by atoms with Gasteiger partial charge >= 0.3 is 17.9 Å². The summed E-state index contributed by atoms with van der Waals surface area (Å²) in [5.74, 6) is -1.72. The van der Waals surface area contributed by atoms with Crippen molar-refractivity contribution in [2.24, 2.45) is 0 Å². The number of hydrogen-bond donors (Lipinski definition) is 1. The molecule has 1 N–H and O–H groups in total. The molecule has 0 heterocycles. The zero-order valence-corrected chi connectivity index (χ0v) is 11.5. The van der Waals surface area contributed by atoms with Crippen molar-refractivity contribution in [2.75, 3.05) is 6.61 Å². The minimum Gasteiger partial charge on any atom is -0.481 e. The summed E-state index contributed by atoms with van der Waals surface area (Å²) in [5, 5.41) is 8.40. The van der Waals surface area contributed by atoms with E-state index >= 15 is 0 Å². The quantitative estimate of drug-likeness (QED) is 0.483. The molecule has 0 saturated heterocycles. The molecule has 0 aliphatic heterocycles. The number of ether oxygens (including phenoxy) is 2. The Morgan fingerprint density at radius 3 is 2.37 bits per heavy atom. The number of aliphatic carboxylic acids is 1. The van der Waals surface area contributed by atoms with Crippen LogP contribution in [0.4, 0.5) is 0 Å². The Morgan fingerprint density at radius 2 is 1.79 bits per heavy atom. The molecule has 0 aliphatic rings. The summed E-state index contributed by atoms with van der Waals surface area (Å²) in [6.07, 6.45) is 1.76. The average Bonchev–Trinajstić information content (AvgIpc) is 2.31. The molecule has 0 bridgehead atoms. The minimum atomic E-state index is -0.922. The first-order valence-electron chi connectivity index (χ1n) is 6.52. The summed E-state index contributed by atoms with van der Waals surface area (Å²) < 4.78 is 9.87. The maximum Gasteiger partial charge on any atom is 0.309 e. The molecule has 1 unspecified atom stereocenters. The van der Waals surface area contributed by atoms with Crippen molar-refractivity contribution in [3.05, 3.63) is 0 Å². The molecule has 0 radical (unpaired) electrons. The van der Waals surface area contributed by atoms with Crippen molar-refractivity contribution in [3.63, 3.8) is 0 Å². The SMILES string of the molecule is CCCCC(=O)OC(C)CC(=O)OCCCC(=O)O. The molecule has 0 rings (SSSR count). The van der Waals surface area contributed by atoms with Crippen molar-refractivity contribution in [3.8, 4) is 0 Å². The van der Waals surface area contributed by atoms with Gasteiger partial charge in [-0.1, -0.05) is 13.3 Å². The fourth-order valence-corrected chi connectivity index (χ4v) is 1.35. The van der Waals surface area contributed by atoms with Crippen LogP contribution in [-0.4, -0.2) is 35.7 Å². The highest BCUT2D eigenvalue weighted by molar-refractivity contribution is 5.72. The second-order valence-electron chi connectivity index (χ2n) is 4.33. The Bertz CT molecular complexity index is 300. The van der Waals surface area contributed by atoms with Gasteiger partial charge in [0.15, 0.2) is 0 Å². The van der Waals surface area contributed by atoms with Gasteiger partial charge in [0, 0.05) is 12.8 Å². The van der Waals surface area contributed by atoms with Gasteiger partial charge in [0.2, 0.25) is 0 Å². The van der Waals surface area contributed by atoms with E-state index in [4.69, 9.17) is 14.6 Å². The number of esters is 2. The van der Waals surface area contributed by atoms with Crippen LogP contribution in [0, 0.1) is 0 Å². The zero-order chi connectivity index (χ0) is 14.7. The molecule has 0 fully saturated rings. The largest absolute Gasteiger partial charge is 0.481 e. The highest BCUT2D eigenvalue weighted by Crippen LogP contribution is 2.04. The van der Waals surface area contributed by atoms with E-state index in [1.165, 1.54) is 0 Å². The van der Waals surface area contributed by atoms with Crippen molar-refractivity contribution in [1.82, 2.24) is 0 Å². The topological polar surface area (TPSA) is 89.9 Å². The van der Waals surface area contributed by atoms with Gasteiger partial charge in [-0.3, -0.25) is 14.4 Å². The molecule has 110 valence electrons. The number of carboxylic acid groups (broad SMARTS) is 1. The van der Waals surface area contributed by atoms with E-state index in [-0.39, 0.29) is 31.8 Å². The second-order valence-corrected chi connectivity index (χ2v) is 4.33. The normalized spacial score (nSPS) is 11.7. The van der Waals surface area contributed by atoms with Crippen LogP contribution in [0.3, 0.4) is 0 Å². The first-order chi connectivity index (χ1) is 8.95. The summed E-state index contributed by atoms with van der Waals surface area (Å²) >= 11 is 0. The maximum atomic E-state index is 11.3. The lowest BCUT2D eigenvalue weighted by Crippen LogP contribution is -2.20. The van der Waals surface area contributed by atoms with E-state index in [2.05, 4.69) is 0 Å². The van der Waals surface area contributed by atoms with E-state index < -0.39 is 18.0 Å². The highest BCUT2D eigenvalue weighted by Gasteiger charge is 2.14. The monoisotopic (exact) mass is 274 g/mol. The number of unbranched alkanes of at least 4 members (excludes halogenated alkanes) is 1. The van der Waals surface area contributed by atoms with Gasteiger partial charge in [-0.15, -0.1) is 0 Å². The molecule has 19 heavy (non-hydrogen) atoms. The van der Waals surface area contributed by atoms with Gasteiger partial charge in [-0.05, 0) is 19.8 Å². The van der Waals surface area contributed by atoms with E-state index in [9.17, 15) is 14.4 Å². The van der Waals surface area contributed by atoms with E-state index in [1.807, 2.05) is 6.92 Å². The van der Waals surface area contributed by atoms with Crippen molar-refractivity contribution in [2.45, 2.75) is 58.5 Å². The molecule has 0 saturated carbocycles. The maximum absolute atomic E-state index is 11.3. The molecule has 0 aromatic rings. The predicted molar refractivity (Wildman–Crippen MR) is 67.5 cm³/mol. The van der Waals surface area contributed by atoms with Gasteiger partial charge in [0.1, 0.15) is 6.10 Å². The highest BCUT2D eigenvalue weighted by atomic mass is 16.6. The predicted octanol–water partition coefficient (Wildman–Crippen LogP) is 1.91. The van der Waals surface area contributed by atoms with Crippen LogP contribution in [-0.2, 0) is 23.9 Å². The van der Waals surface area contributed by atoms with Crippen LogP contribution < -0.4 is 0 Å². The van der Waals surface area contributed by atoms with Gasteiger partial charge in [0.05, 0.1) is 13.0 Å². The molecule has 0 aromatic heterocycles. The van der Waals surface area contributed by atoms with Crippen LogP contribution in [0.5, 0.6) is 0 Å². The number of rotatable bonds is 10. The molecule has 1 atom stereocenters. The molecular formula is C13H22O6. The Hall–Kier alpha value is -1.59. The number of carbonyl (C=O) groups excluding carboxylic acids is 2. The van der Waals surface area contributed by atoms with E-state index in [0.29, 0.717) is 6.42 Å². The molecule has 0 amide bonds. The molecule has 0 aromatic carbocycles. The molecule has 0 spiro atoms. The first kappa shape index (κ1) is 17.4. The lowest BCUT2D eigenvalue weighted by Gasteiger charge is -2.12. The lowest BCUT2D eigenvalue weighted by molar-refractivity contribution is -0.154. The lowest BCUT2D eigenvalue weighted by atomic mass is 10.2. The van der Waals surface area contributed by atoms with Crippen molar-refractivity contribution < 1.29 is 29.0 Å². The molecule has 6 nitrogen and oxygen atoms in total. The van der Waals surface area contributed by atoms with Crippen LogP contribution in [0.15, 0.2) is 0 Å². The summed E-state index contributed by atoms with van der Waals surface area (Å²) in [6.45, 7) is 3.68. The Labute approximate surface area is 113 Å². The average molecular weight is 274 g/mol. The van der Waals surface area contributed by atoms with Crippen molar-refractivity contribution >= 4 is 17.9 Å². The standard InChI is InChI=1S/C13H22O6/c1-3-4-7-12(16)19-10(2)9-13(17)18-8-5-6-11(14)15/h10H,3-9H2,1-2H3,(H,14,15). The Morgan fingerprint density at radius 1 is 1.11 bits per heavy atom. The number of carboxylic acids is 1. The third kappa shape index (κ3) is 11.2.